The van der Waals surface area contributed by atoms with Crippen molar-refractivity contribution in [2.75, 3.05) is 18.1 Å². The lowest BCUT2D eigenvalue weighted by Gasteiger charge is -2.36. The first kappa shape index (κ1) is 15.4. The van der Waals surface area contributed by atoms with Gasteiger partial charge in [-0.1, -0.05) is 13.8 Å². The molecule has 120 valence electrons. The van der Waals surface area contributed by atoms with Crippen LogP contribution in [0.4, 0.5) is 0 Å². The zero-order valence-electron chi connectivity index (χ0n) is 12.8. The van der Waals surface area contributed by atoms with Crippen LogP contribution in [-0.4, -0.2) is 49.5 Å². The number of fused-ring (bicyclic) bond motifs is 2. The van der Waals surface area contributed by atoms with Gasteiger partial charge >= 0.3 is 0 Å². The number of carbonyl (C=O) groups excluding carboxylic acids is 1. The van der Waals surface area contributed by atoms with Crippen LogP contribution in [0.25, 0.3) is 0 Å². The Hall–Kier alpha value is -0.460. The number of sulfone groups is 1. The van der Waals surface area contributed by atoms with Crippen molar-refractivity contribution in [2.45, 2.75) is 51.7 Å². The lowest BCUT2D eigenvalue weighted by molar-refractivity contribution is -0.128. The molecule has 6 heteroatoms. The smallest absolute Gasteiger partial charge is 0.152 e. The zero-order chi connectivity index (χ0) is 15.5. The molecule has 1 heterocycles. The highest BCUT2D eigenvalue weighted by atomic mass is 32.2. The van der Waals surface area contributed by atoms with E-state index in [1.54, 1.807) is 0 Å². The van der Waals surface area contributed by atoms with Crippen LogP contribution < -0.4 is 5.32 Å². The second-order valence-corrected chi connectivity index (χ2v) is 9.83. The third-order valence-electron chi connectivity index (χ3n) is 6.26. The van der Waals surface area contributed by atoms with Crippen molar-refractivity contribution in [1.82, 2.24) is 5.32 Å². The molecule has 0 spiro atoms. The predicted molar refractivity (Wildman–Crippen MR) is 79.6 cm³/mol. The molecule has 0 radical (unpaired) electrons. The van der Waals surface area contributed by atoms with Gasteiger partial charge in [0, 0.05) is 24.4 Å². The molecule has 0 amide bonds. The summed E-state index contributed by atoms with van der Waals surface area (Å²) >= 11 is 0. The Bertz CT molecular complexity index is 556. The van der Waals surface area contributed by atoms with Crippen molar-refractivity contribution in [3.05, 3.63) is 0 Å². The first-order valence-corrected chi connectivity index (χ1v) is 9.64. The second kappa shape index (κ2) is 4.77. The number of hydrogen-bond donors (Lipinski definition) is 2. The maximum Gasteiger partial charge on any atom is 0.152 e. The average Bonchev–Trinajstić information content (AvgIpc) is 2.89. The van der Waals surface area contributed by atoms with Crippen LogP contribution >= 0.6 is 0 Å². The standard InChI is InChI=1S/C15H25NO4S/c1-14(2)10-3-4-15(14,13(18)5-10)9-21(19,20)8-11-6-12(17)7-16-11/h10-12,16-17H,3-9H2,1-2H3/t10?,11-,12+,15+/m0/s1. The van der Waals surface area contributed by atoms with Gasteiger partial charge in [0.05, 0.1) is 17.6 Å². The van der Waals surface area contributed by atoms with Crippen molar-refractivity contribution < 1.29 is 18.3 Å². The van der Waals surface area contributed by atoms with Crippen LogP contribution in [0.15, 0.2) is 0 Å². The normalized spacial score (nSPS) is 41.9. The molecule has 2 saturated carbocycles. The average molecular weight is 315 g/mol. The van der Waals surface area contributed by atoms with E-state index >= 15 is 0 Å². The van der Waals surface area contributed by atoms with E-state index in [4.69, 9.17) is 0 Å². The number of hydrogen-bond acceptors (Lipinski definition) is 5. The maximum atomic E-state index is 12.6. The van der Waals surface area contributed by atoms with Gasteiger partial charge in [-0.05, 0) is 30.6 Å². The van der Waals surface area contributed by atoms with E-state index in [1.165, 1.54) is 0 Å². The van der Waals surface area contributed by atoms with Crippen LogP contribution in [-0.2, 0) is 14.6 Å². The number of aliphatic hydroxyl groups is 1. The fourth-order valence-electron chi connectivity index (χ4n) is 4.77. The number of carbonyl (C=O) groups is 1. The summed E-state index contributed by atoms with van der Waals surface area (Å²) in [6.07, 6.45) is 2.25. The predicted octanol–water partition coefficient (Wildman–Crippen LogP) is 0.519. The highest BCUT2D eigenvalue weighted by molar-refractivity contribution is 7.91. The summed E-state index contributed by atoms with van der Waals surface area (Å²) in [6.45, 7) is 4.57. The van der Waals surface area contributed by atoms with Crippen molar-refractivity contribution in [1.29, 1.82) is 0 Å². The molecule has 0 aromatic carbocycles. The third-order valence-corrected chi connectivity index (χ3v) is 8.10. The van der Waals surface area contributed by atoms with Gasteiger partial charge in [-0.25, -0.2) is 8.42 Å². The molecule has 2 N–H and O–H groups in total. The molecule has 1 unspecified atom stereocenters. The number of aliphatic hydroxyl groups excluding tert-OH is 1. The Labute approximate surface area is 126 Å². The second-order valence-electron chi connectivity index (χ2n) is 7.72. The molecule has 2 bridgehead atoms. The maximum absolute atomic E-state index is 12.6. The molecular formula is C15H25NO4S. The van der Waals surface area contributed by atoms with E-state index in [9.17, 15) is 18.3 Å². The third kappa shape index (κ3) is 2.35. The Kier molecular flexibility index (Phi) is 3.50. The molecule has 1 saturated heterocycles. The van der Waals surface area contributed by atoms with Gasteiger partial charge in [0.1, 0.15) is 5.78 Å². The van der Waals surface area contributed by atoms with Crippen molar-refractivity contribution >= 4 is 15.6 Å². The van der Waals surface area contributed by atoms with Crippen molar-refractivity contribution in [3.63, 3.8) is 0 Å². The number of ketones is 1. The number of Topliss-reactive ketones (excluding diaryl/α,β-unsaturated/α-hetero) is 1. The summed E-state index contributed by atoms with van der Waals surface area (Å²) in [7, 11) is -3.31. The van der Waals surface area contributed by atoms with Gasteiger partial charge in [0.25, 0.3) is 0 Å². The quantitative estimate of drug-likeness (QED) is 0.790. The van der Waals surface area contributed by atoms with Crippen molar-refractivity contribution in [2.24, 2.45) is 16.7 Å². The van der Waals surface area contributed by atoms with Gasteiger partial charge in [-0.15, -0.1) is 0 Å². The number of rotatable bonds is 4. The Morgan fingerprint density at radius 2 is 2.10 bits per heavy atom. The topological polar surface area (TPSA) is 83.5 Å². The molecule has 0 aromatic heterocycles. The molecular weight excluding hydrogens is 290 g/mol. The minimum Gasteiger partial charge on any atom is -0.392 e. The van der Waals surface area contributed by atoms with Gasteiger partial charge < -0.3 is 10.4 Å². The summed E-state index contributed by atoms with van der Waals surface area (Å²) in [5.74, 6) is 0.495. The molecule has 4 atom stereocenters. The van der Waals surface area contributed by atoms with E-state index in [0.717, 1.165) is 6.42 Å². The van der Waals surface area contributed by atoms with E-state index < -0.39 is 21.4 Å². The van der Waals surface area contributed by atoms with Gasteiger partial charge in [0.2, 0.25) is 0 Å². The molecule has 2 aliphatic carbocycles. The number of β-amino-alcohol motifs (C(OH)–C–C–N with tert-alkyl or cyclic N) is 1. The SMILES string of the molecule is CC1(C)C2CC[C@@]1(CS(=O)(=O)C[C@@H]1C[C@@H](O)CN1)C(=O)C2. The zero-order valence-corrected chi connectivity index (χ0v) is 13.6. The Morgan fingerprint density at radius 1 is 1.38 bits per heavy atom. The van der Waals surface area contributed by atoms with Gasteiger partial charge in [0.15, 0.2) is 9.84 Å². The van der Waals surface area contributed by atoms with E-state index in [-0.39, 0.29) is 28.7 Å². The Balaban J connectivity index is 1.77. The minimum absolute atomic E-state index is 0.0173. The molecule has 5 nitrogen and oxygen atoms in total. The summed E-state index contributed by atoms with van der Waals surface area (Å²) < 4.78 is 25.2. The highest BCUT2D eigenvalue weighted by Crippen LogP contribution is 2.64. The molecule has 0 aromatic rings. The number of nitrogens with one attached hydrogen (secondary N) is 1. The van der Waals surface area contributed by atoms with Crippen LogP contribution in [0.1, 0.15) is 39.5 Å². The van der Waals surface area contributed by atoms with Crippen LogP contribution in [0, 0.1) is 16.7 Å². The van der Waals surface area contributed by atoms with Crippen molar-refractivity contribution in [3.8, 4) is 0 Å². The fourth-order valence-corrected chi connectivity index (χ4v) is 7.19. The largest absolute Gasteiger partial charge is 0.392 e. The van der Waals surface area contributed by atoms with Crippen LogP contribution in [0.2, 0.25) is 0 Å². The van der Waals surface area contributed by atoms with Crippen LogP contribution in [0.3, 0.4) is 0 Å². The van der Waals surface area contributed by atoms with E-state index in [0.29, 0.717) is 31.7 Å². The Morgan fingerprint density at radius 3 is 2.57 bits per heavy atom. The summed E-state index contributed by atoms with van der Waals surface area (Å²) in [5, 5.41) is 12.5. The first-order chi connectivity index (χ1) is 9.66. The molecule has 3 rings (SSSR count). The monoisotopic (exact) mass is 315 g/mol. The fraction of sp³-hybridized carbons (Fsp3) is 0.933. The van der Waals surface area contributed by atoms with Crippen LogP contribution in [0.5, 0.6) is 0 Å². The first-order valence-electron chi connectivity index (χ1n) is 7.81. The summed E-state index contributed by atoms with van der Waals surface area (Å²) in [5.41, 5.74) is -0.881. The van der Waals surface area contributed by atoms with Gasteiger partial charge in [-0.2, -0.15) is 0 Å². The molecule has 21 heavy (non-hydrogen) atoms. The summed E-state index contributed by atoms with van der Waals surface area (Å²) in [4.78, 5) is 12.4. The summed E-state index contributed by atoms with van der Waals surface area (Å²) in [6, 6.07) is -0.182. The lowest BCUT2D eigenvalue weighted by Crippen LogP contribution is -2.44. The van der Waals surface area contributed by atoms with E-state index in [1.807, 2.05) is 0 Å². The molecule has 3 fully saturated rings. The minimum atomic E-state index is -3.31. The lowest BCUT2D eigenvalue weighted by atomic mass is 9.70. The highest BCUT2D eigenvalue weighted by Gasteiger charge is 2.65. The molecule has 1 aliphatic heterocycles. The van der Waals surface area contributed by atoms with Gasteiger partial charge in [-0.3, -0.25) is 4.79 Å². The van der Waals surface area contributed by atoms with E-state index in [2.05, 4.69) is 19.2 Å². The molecule has 3 aliphatic rings.